The zero-order valence-electron chi connectivity index (χ0n) is 14.6. The maximum Gasteiger partial charge on any atom is 0.191 e. The van der Waals surface area contributed by atoms with E-state index in [1.165, 1.54) is 5.56 Å². The number of guanidine groups is 1. The van der Waals surface area contributed by atoms with E-state index in [4.69, 9.17) is 9.26 Å². The number of aliphatic imine (C=N–C) groups is 1. The van der Waals surface area contributed by atoms with Gasteiger partial charge in [-0.2, -0.15) is 0 Å². The topological polar surface area (TPSA) is 71.7 Å². The number of aryl methyl sites for hydroxylation is 1. The number of halogens is 1. The molecule has 0 fully saturated rings. The first-order chi connectivity index (χ1) is 11.8. The lowest BCUT2D eigenvalue weighted by Gasteiger charge is -2.15. The van der Waals surface area contributed by atoms with Crippen molar-refractivity contribution in [2.24, 2.45) is 4.99 Å². The molecule has 7 heteroatoms. The monoisotopic (exact) mass is 456 g/mol. The quantitative estimate of drug-likeness (QED) is 0.398. The summed E-state index contributed by atoms with van der Waals surface area (Å²) in [4.78, 5) is 4.55. The largest absolute Gasteiger partial charge is 0.488 e. The van der Waals surface area contributed by atoms with Gasteiger partial charge in [-0.15, -0.1) is 24.0 Å². The van der Waals surface area contributed by atoms with Crippen LogP contribution in [0, 0.1) is 0 Å². The maximum atomic E-state index is 5.94. The highest BCUT2D eigenvalue weighted by Crippen LogP contribution is 2.27. The second kappa shape index (κ2) is 9.65. The second-order valence-corrected chi connectivity index (χ2v) is 5.77. The third kappa shape index (κ3) is 5.35. The van der Waals surface area contributed by atoms with Crippen LogP contribution in [0.3, 0.4) is 0 Å². The molecule has 6 nitrogen and oxygen atoms in total. The second-order valence-electron chi connectivity index (χ2n) is 5.77. The maximum absolute atomic E-state index is 5.94. The minimum atomic E-state index is 0. The molecular weight excluding hydrogens is 431 g/mol. The fourth-order valence-corrected chi connectivity index (χ4v) is 2.67. The first-order valence-corrected chi connectivity index (χ1v) is 8.49. The number of para-hydroxylation sites is 1. The Morgan fingerprint density at radius 1 is 1.28 bits per heavy atom. The summed E-state index contributed by atoms with van der Waals surface area (Å²) < 4.78 is 11.2. The minimum absolute atomic E-state index is 0. The molecule has 1 unspecified atom stereocenters. The van der Waals surface area contributed by atoms with Crippen LogP contribution in [0.1, 0.15) is 30.9 Å². The predicted molar refractivity (Wildman–Crippen MR) is 109 cm³/mol. The van der Waals surface area contributed by atoms with Gasteiger partial charge in [-0.05, 0) is 25.0 Å². The molecule has 0 aliphatic carbocycles. The summed E-state index contributed by atoms with van der Waals surface area (Å²) in [6, 6.07) is 10.1. The Labute approximate surface area is 165 Å². The summed E-state index contributed by atoms with van der Waals surface area (Å²) in [6.45, 7) is 6.07. The van der Waals surface area contributed by atoms with Crippen LogP contribution in [0.2, 0.25) is 0 Å². The van der Waals surface area contributed by atoms with Gasteiger partial charge in [0, 0.05) is 19.0 Å². The van der Waals surface area contributed by atoms with E-state index in [-0.39, 0.29) is 30.1 Å². The van der Waals surface area contributed by atoms with E-state index in [0.717, 1.165) is 42.5 Å². The van der Waals surface area contributed by atoms with E-state index in [0.29, 0.717) is 13.1 Å². The summed E-state index contributed by atoms with van der Waals surface area (Å²) in [5, 5.41) is 10.6. The molecule has 0 spiro atoms. The van der Waals surface area contributed by atoms with E-state index in [1.807, 2.05) is 31.2 Å². The molecule has 0 saturated carbocycles. The average Bonchev–Trinajstić information content (AvgIpc) is 3.23. The van der Waals surface area contributed by atoms with Crippen LogP contribution >= 0.6 is 24.0 Å². The molecule has 136 valence electrons. The number of rotatable bonds is 6. The van der Waals surface area contributed by atoms with Gasteiger partial charge >= 0.3 is 0 Å². The van der Waals surface area contributed by atoms with Crippen LogP contribution in [-0.2, 0) is 19.4 Å². The van der Waals surface area contributed by atoms with Gasteiger partial charge in [0.25, 0.3) is 0 Å². The van der Waals surface area contributed by atoms with E-state index < -0.39 is 0 Å². The van der Waals surface area contributed by atoms with Gasteiger partial charge in [0.1, 0.15) is 18.4 Å². The summed E-state index contributed by atoms with van der Waals surface area (Å²) in [5.74, 6) is 2.51. The fraction of sp³-hybridized carbons (Fsp3) is 0.444. The highest BCUT2D eigenvalue weighted by molar-refractivity contribution is 14.0. The third-order valence-electron chi connectivity index (χ3n) is 3.92. The van der Waals surface area contributed by atoms with Crippen molar-refractivity contribution in [2.45, 2.75) is 39.3 Å². The Balaban J connectivity index is 0.00000225. The van der Waals surface area contributed by atoms with Crippen molar-refractivity contribution >= 4 is 29.9 Å². The van der Waals surface area contributed by atoms with Crippen LogP contribution in [0.25, 0.3) is 0 Å². The molecule has 2 N–H and O–H groups in total. The number of nitrogens with one attached hydrogen (secondary N) is 2. The normalized spacial score (nSPS) is 15.9. The van der Waals surface area contributed by atoms with Crippen molar-refractivity contribution in [2.75, 3.05) is 13.1 Å². The minimum Gasteiger partial charge on any atom is -0.488 e. The van der Waals surface area contributed by atoms with E-state index >= 15 is 0 Å². The number of hydrogen-bond acceptors (Lipinski definition) is 4. The summed E-state index contributed by atoms with van der Waals surface area (Å²) in [6.07, 6.45) is 1.92. The Kier molecular flexibility index (Phi) is 7.54. The number of benzene rings is 1. The lowest BCUT2D eigenvalue weighted by atomic mass is 10.1. The molecule has 0 radical (unpaired) electrons. The molecule has 1 aromatic carbocycles. The molecular formula is C18H25IN4O2. The fourth-order valence-electron chi connectivity index (χ4n) is 2.67. The standard InChI is InChI=1S/C18H24N4O2.HI/c1-3-14-10-16(24-22-14)12-21-18(19-4-2)20-11-15-9-13-7-5-6-8-17(13)23-15;/h5-8,10,15H,3-4,9,11-12H2,1-2H3,(H2,19,20,21);1H. The Morgan fingerprint density at radius 3 is 2.84 bits per heavy atom. The number of fused-ring (bicyclic) bond motifs is 1. The Morgan fingerprint density at radius 2 is 2.12 bits per heavy atom. The van der Waals surface area contributed by atoms with Gasteiger partial charge in [0.15, 0.2) is 11.7 Å². The molecule has 1 aliphatic rings. The first kappa shape index (κ1) is 19.6. The van der Waals surface area contributed by atoms with Gasteiger partial charge in [0.2, 0.25) is 0 Å². The van der Waals surface area contributed by atoms with Crippen molar-refractivity contribution < 1.29 is 9.26 Å². The van der Waals surface area contributed by atoms with Crippen molar-refractivity contribution in [1.29, 1.82) is 0 Å². The Hall–Kier alpha value is -1.77. The molecule has 1 aromatic heterocycles. The van der Waals surface area contributed by atoms with Gasteiger partial charge in [-0.1, -0.05) is 30.3 Å². The molecule has 2 aromatic rings. The first-order valence-electron chi connectivity index (χ1n) is 8.49. The third-order valence-corrected chi connectivity index (χ3v) is 3.92. The number of aromatic nitrogens is 1. The summed E-state index contributed by atoms with van der Waals surface area (Å²) in [5.41, 5.74) is 2.22. The summed E-state index contributed by atoms with van der Waals surface area (Å²) in [7, 11) is 0. The molecule has 25 heavy (non-hydrogen) atoms. The van der Waals surface area contributed by atoms with Gasteiger partial charge in [-0.3, -0.25) is 0 Å². The van der Waals surface area contributed by atoms with Crippen molar-refractivity contribution in [1.82, 2.24) is 15.8 Å². The van der Waals surface area contributed by atoms with E-state index in [1.54, 1.807) is 0 Å². The summed E-state index contributed by atoms with van der Waals surface area (Å²) >= 11 is 0. The molecule has 1 aliphatic heterocycles. The van der Waals surface area contributed by atoms with Gasteiger partial charge < -0.3 is 19.9 Å². The van der Waals surface area contributed by atoms with Crippen LogP contribution in [-0.4, -0.2) is 30.3 Å². The molecule has 0 saturated heterocycles. The van der Waals surface area contributed by atoms with Crippen LogP contribution in [0.15, 0.2) is 39.8 Å². The van der Waals surface area contributed by atoms with Crippen molar-refractivity contribution in [3.63, 3.8) is 0 Å². The van der Waals surface area contributed by atoms with Crippen LogP contribution in [0.5, 0.6) is 5.75 Å². The number of nitrogens with zero attached hydrogens (tertiary/aromatic N) is 2. The highest BCUT2D eigenvalue weighted by Gasteiger charge is 2.22. The molecule has 0 bridgehead atoms. The van der Waals surface area contributed by atoms with Crippen molar-refractivity contribution in [3.8, 4) is 5.75 Å². The molecule has 1 atom stereocenters. The van der Waals surface area contributed by atoms with Crippen molar-refractivity contribution in [3.05, 3.63) is 47.3 Å². The van der Waals surface area contributed by atoms with Crippen LogP contribution in [0.4, 0.5) is 0 Å². The SMILES string of the molecule is CCNC(=NCc1cc(CC)no1)NCC1Cc2ccccc2O1.I. The lowest BCUT2D eigenvalue weighted by molar-refractivity contribution is 0.235. The number of ether oxygens (including phenoxy) is 1. The van der Waals surface area contributed by atoms with E-state index in [9.17, 15) is 0 Å². The smallest absolute Gasteiger partial charge is 0.191 e. The highest BCUT2D eigenvalue weighted by atomic mass is 127. The van der Waals surface area contributed by atoms with Gasteiger partial charge in [0.05, 0.1) is 12.2 Å². The zero-order valence-corrected chi connectivity index (χ0v) is 16.9. The van der Waals surface area contributed by atoms with Crippen LogP contribution < -0.4 is 15.4 Å². The number of hydrogen-bond donors (Lipinski definition) is 2. The van der Waals surface area contributed by atoms with E-state index in [2.05, 4.69) is 33.8 Å². The average molecular weight is 456 g/mol. The Bertz CT molecular complexity index is 677. The molecule has 3 rings (SSSR count). The lowest BCUT2D eigenvalue weighted by Crippen LogP contribution is -2.42. The predicted octanol–water partition coefficient (Wildman–Crippen LogP) is 2.91. The molecule has 2 heterocycles. The molecule has 0 amide bonds. The van der Waals surface area contributed by atoms with Gasteiger partial charge in [-0.25, -0.2) is 4.99 Å². The zero-order chi connectivity index (χ0) is 16.8.